The molecule has 1 aromatic heterocycles. The molecular formula is C28H22F4N2O5S. The Labute approximate surface area is 227 Å². The maximum atomic E-state index is 13.4. The Morgan fingerprint density at radius 2 is 1.68 bits per heavy atom. The van der Waals surface area contributed by atoms with Crippen LogP contribution >= 0.6 is 0 Å². The third kappa shape index (κ3) is 7.56. The summed E-state index contributed by atoms with van der Waals surface area (Å²) >= 11 is 0. The van der Waals surface area contributed by atoms with Crippen molar-refractivity contribution in [1.29, 1.82) is 0 Å². The molecular weight excluding hydrogens is 552 g/mol. The van der Waals surface area contributed by atoms with Crippen molar-refractivity contribution in [2.75, 3.05) is 11.1 Å². The Kier molecular flexibility index (Phi) is 8.38. The van der Waals surface area contributed by atoms with E-state index in [4.69, 9.17) is 4.74 Å². The number of carbonyl (C=O) groups is 1. The van der Waals surface area contributed by atoms with Crippen LogP contribution in [0.1, 0.15) is 12.5 Å². The van der Waals surface area contributed by atoms with E-state index in [2.05, 4.69) is 15.0 Å². The average Bonchev–Trinajstić information content (AvgIpc) is 2.89. The fraction of sp³-hybridized carbons (Fsp3) is 0.143. The first-order valence-electron chi connectivity index (χ1n) is 11.8. The van der Waals surface area contributed by atoms with Gasteiger partial charge in [0.05, 0.1) is 17.1 Å². The van der Waals surface area contributed by atoms with Gasteiger partial charge in [0.2, 0.25) is 11.9 Å². The molecule has 3 aromatic carbocycles. The second-order valence-corrected chi connectivity index (χ2v) is 10.8. The van der Waals surface area contributed by atoms with Crippen LogP contribution in [0.5, 0.6) is 17.2 Å². The number of rotatable bonds is 9. The van der Waals surface area contributed by atoms with Gasteiger partial charge in [-0.15, -0.1) is 13.2 Å². The number of benzene rings is 3. The van der Waals surface area contributed by atoms with Gasteiger partial charge in [-0.05, 0) is 54.1 Å². The van der Waals surface area contributed by atoms with Crippen molar-refractivity contribution < 1.29 is 40.2 Å². The van der Waals surface area contributed by atoms with Crippen LogP contribution in [0.2, 0.25) is 0 Å². The fourth-order valence-corrected chi connectivity index (χ4v) is 4.58. The van der Waals surface area contributed by atoms with E-state index in [1.54, 1.807) is 31.2 Å². The summed E-state index contributed by atoms with van der Waals surface area (Å²) < 4.78 is 85.2. The molecule has 0 saturated carbocycles. The average molecular weight is 575 g/mol. The minimum absolute atomic E-state index is 0.0173. The molecule has 0 bridgehead atoms. The Morgan fingerprint density at radius 1 is 0.950 bits per heavy atom. The van der Waals surface area contributed by atoms with Crippen molar-refractivity contribution >= 4 is 21.4 Å². The number of amides is 1. The number of carbonyl (C=O) groups excluding carboxylic acids is 1. The maximum absolute atomic E-state index is 13.4. The zero-order valence-electron chi connectivity index (χ0n) is 20.9. The lowest BCUT2D eigenvalue weighted by Crippen LogP contribution is -2.17. The van der Waals surface area contributed by atoms with E-state index in [1.165, 1.54) is 42.6 Å². The van der Waals surface area contributed by atoms with Gasteiger partial charge in [0.1, 0.15) is 17.2 Å². The van der Waals surface area contributed by atoms with Gasteiger partial charge in [0.25, 0.3) is 0 Å². The summed E-state index contributed by atoms with van der Waals surface area (Å²) in [7, 11) is -3.37. The van der Waals surface area contributed by atoms with Gasteiger partial charge >= 0.3 is 6.36 Å². The molecule has 0 fully saturated rings. The van der Waals surface area contributed by atoms with Crippen LogP contribution in [0.4, 0.5) is 23.2 Å². The standard InChI is InChI=1S/C28H22F4N2O5S/c1-2-40(36,37)23-10-6-18(7-11-23)14-27(35)34-20-9-12-24(19-8-13-26(29)33-17-19)25(15-20)38-21-4-3-5-22(16-21)39-28(30,31)32/h3-13,15-17H,2,14H2,1H3,(H,34,35). The molecule has 1 amide bonds. The van der Waals surface area contributed by atoms with E-state index in [1.807, 2.05) is 0 Å². The molecule has 0 radical (unpaired) electrons. The van der Waals surface area contributed by atoms with Gasteiger partial charge in [0, 0.05) is 35.1 Å². The highest BCUT2D eigenvalue weighted by Crippen LogP contribution is 2.37. The molecule has 0 atom stereocenters. The molecule has 0 aliphatic carbocycles. The van der Waals surface area contributed by atoms with Crippen LogP contribution < -0.4 is 14.8 Å². The van der Waals surface area contributed by atoms with Gasteiger partial charge in [-0.1, -0.05) is 25.1 Å². The monoisotopic (exact) mass is 574 g/mol. The molecule has 4 aromatic rings. The van der Waals surface area contributed by atoms with E-state index in [9.17, 15) is 30.8 Å². The predicted molar refractivity (Wildman–Crippen MR) is 139 cm³/mol. The molecule has 0 aliphatic heterocycles. The summed E-state index contributed by atoms with van der Waals surface area (Å²) in [5.41, 5.74) is 1.78. The van der Waals surface area contributed by atoms with Crippen LogP contribution in [0.25, 0.3) is 11.1 Å². The largest absolute Gasteiger partial charge is 0.573 e. The minimum atomic E-state index is -4.89. The van der Waals surface area contributed by atoms with Crippen molar-refractivity contribution in [2.45, 2.75) is 24.6 Å². The first kappa shape index (κ1) is 28.6. The van der Waals surface area contributed by atoms with Gasteiger partial charge in [-0.3, -0.25) is 4.79 Å². The fourth-order valence-electron chi connectivity index (χ4n) is 3.69. The highest BCUT2D eigenvalue weighted by molar-refractivity contribution is 7.91. The number of halogens is 4. The topological polar surface area (TPSA) is 94.6 Å². The zero-order chi connectivity index (χ0) is 28.9. The summed E-state index contributed by atoms with van der Waals surface area (Å²) in [6, 6.07) is 18.1. The predicted octanol–water partition coefficient (Wildman–Crippen LogP) is 6.55. The first-order valence-corrected chi connectivity index (χ1v) is 13.5. The molecule has 0 aliphatic rings. The number of alkyl halides is 3. The number of hydrogen-bond acceptors (Lipinski definition) is 6. The van der Waals surface area contributed by atoms with Crippen molar-refractivity contribution in [3.8, 4) is 28.4 Å². The molecule has 40 heavy (non-hydrogen) atoms. The Hall–Kier alpha value is -4.45. The molecule has 0 spiro atoms. The zero-order valence-corrected chi connectivity index (χ0v) is 21.7. The SMILES string of the molecule is CCS(=O)(=O)c1ccc(CC(=O)Nc2ccc(-c3ccc(F)nc3)c(Oc3cccc(OC(F)(F)F)c3)c2)cc1. The van der Waals surface area contributed by atoms with E-state index in [0.29, 0.717) is 22.4 Å². The second kappa shape index (κ2) is 11.7. The number of ether oxygens (including phenoxy) is 2. The van der Waals surface area contributed by atoms with Crippen molar-refractivity contribution in [3.63, 3.8) is 0 Å². The maximum Gasteiger partial charge on any atom is 0.573 e. The van der Waals surface area contributed by atoms with Gasteiger partial charge < -0.3 is 14.8 Å². The number of nitrogens with zero attached hydrogens (tertiary/aromatic N) is 1. The molecule has 7 nitrogen and oxygen atoms in total. The Morgan fingerprint density at radius 3 is 2.33 bits per heavy atom. The van der Waals surface area contributed by atoms with Crippen molar-refractivity contribution in [1.82, 2.24) is 4.98 Å². The third-order valence-electron chi connectivity index (χ3n) is 5.60. The van der Waals surface area contributed by atoms with Crippen LogP contribution in [0.15, 0.2) is 90.0 Å². The van der Waals surface area contributed by atoms with Crippen LogP contribution in [-0.4, -0.2) is 31.4 Å². The number of hydrogen-bond donors (Lipinski definition) is 1. The number of nitrogens with one attached hydrogen (secondary N) is 1. The summed E-state index contributed by atoms with van der Waals surface area (Å²) in [6.07, 6.45) is -3.68. The molecule has 12 heteroatoms. The lowest BCUT2D eigenvalue weighted by atomic mass is 10.1. The van der Waals surface area contributed by atoms with Crippen molar-refractivity contribution in [2.24, 2.45) is 0 Å². The molecule has 4 rings (SSSR count). The van der Waals surface area contributed by atoms with E-state index >= 15 is 0 Å². The van der Waals surface area contributed by atoms with Crippen LogP contribution in [-0.2, 0) is 21.1 Å². The Balaban J connectivity index is 1.58. The first-order chi connectivity index (χ1) is 18.9. The van der Waals surface area contributed by atoms with Gasteiger partial charge in [0.15, 0.2) is 9.84 Å². The van der Waals surface area contributed by atoms with Crippen molar-refractivity contribution in [3.05, 3.63) is 96.6 Å². The molecule has 1 heterocycles. The number of pyridine rings is 1. The van der Waals surface area contributed by atoms with E-state index in [-0.39, 0.29) is 28.6 Å². The van der Waals surface area contributed by atoms with Crippen LogP contribution in [0, 0.1) is 5.95 Å². The summed E-state index contributed by atoms with van der Waals surface area (Å²) in [4.78, 5) is 16.5. The normalized spacial score (nSPS) is 11.6. The quantitative estimate of drug-likeness (QED) is 0.180. The minimum Gasteiger partial charge on any atom is -0.457 e. The smallest absolute Gasteiger partial charge is 0.457 e. The summed E-state index contributed by atoms with van der Waals surface area (Å²) in [5.74, 6) is -1.48. The number of sulfone groups is 1. The molecule has 208 valence electrons. The van der Waals surface area contributed by atoms with E-state index < -0.39 is 33.8 Å². The second-order valence-electron chi connectivity index (χ2n) is 8.48. The molecule has 0 unspecified atom stereocenters. The highest BCUT2D eigenvalue weighted by atomic mass is 32.2. The van der Waals surface area contributed by atoms with E-state index in [0.717, 1.165) is 18.2 Å². The van der Waals surface area contributed by atoms with Gasteiger partial charge in [-0.2, -0.15) is 4.39 Å². The molecule has 1 N–H and O–H groups in total. The number of anilines is 1. The third-order valence-corrected chi connectivity index (χ3v) is 7.35. The Bertz CT molecular complexity index is 1610. The highest BCUT2D eigenvalue weighted by Gasteiger charge is 2.31. The van der Waals surface area contributed by atoms with Crippen LogP contribution in [0.3, 0.4) is 0 Å². The summed E-state index contributed by atoms with van der Waals surface area (Å²) in [5, 5.41) is 2.72. The molecule has 0 saturated heterocycles. The number of aromatic nitrogens is 1. The lowest BCUT2D eigenvalue weighted by Gasteiger charge is -2.15. The van der Waals surface area contributed by atoms with Gasteiger partial charge in [-0.25, -0.2) is 13.4 Å². The lowest BCUT2D eigenvalue weighted by molar-refractivity contribution is -0.274. The summed E-state index contributed by atoms with van der Waals surface area (Å²) in [6.45, 7) is 1.54.